The monoisotopic (exact) mass is 278 g/mol. The summed E-state index contributed by atoms with van der Waals surface area (Å²) < 4.78 is 0. The molecule has 20 heavy (non-hydrogen) atoms. The molecular weight excluding hydrogens is 256 g/mol. The number of carbonyl (C=O) groups excluding carboxylic acids is 1. The number of rotatable bonds is 5. The summed E-state index contributed by atoms with van der Waals surface area (Å²) in [6, 6.07) is 1.53. The molecule has 110 valence electrons. The Balaban J connectivity index is 2.04. The van der Waals surface area contributed by atoms with Crippen LogP contribution in [-0.4, -0.2) is 29.1 Å². The second-order valence-electron chi connectivity index (χ2n) is 5.40. The molecule has 1 amide bonds. The lowest BCUT2D eigenvalue weighted by atomic mass is 9.79. The van der Waals surface area contributed by atoms with E-state index in [0.29, 0.717) is 35.4 Å². The lowest BCUT2D eigenvalue weighted by Crippen LogP contribution is -2.29. The van der Waals surface area contributed by atoms with Crippen LogP contribution >= 0.6 is 0 Å². The number of hydrogen-bond acceptors (Lipinski definition) is 5. The zero-order valence-electron chi connectivity index (χ0n) is 11.5. The molecule has 2 unspecified atom stereocenters. The van der Waals surface area contributed by atoms with Gasteiger partial charge in [-0.1, -0.05) is 12.8 Å². The van der Waals surface area contributed by atoms with Crippen LogP contribution in [0.3, 0.4) is 0 Å². The van der Waals surface area contributed by atoms with Crippen LogP contribution in [0.2, 0.25) is 0 Å². The van der Waals surface area contributed by atoms with Crippen LogP contribution in [0.25, 0.3) is 0 Å². The van der Waals surface area contributed by atoms with Crippen molar-refractivity contribution in [2.75, 3.05) is 24.2 Å². The number of aromatic nitrogens is 1. The maximum atomic E-state index is 11.4. The summed E-state index contributed by atoms with van der Waals surface area (Å²) in [6.07, 6.45) is 5.99. The summed E-state index contributed by atoms with van der Waals surface area (Å²) in [7, 11) is 0. The van der Waals surface area contributed by atoms with Gasteiger partial charge in [-0.25, -0.2) is 4.98 Å². The fraction of sp³-hybridized carbons (Fsp3) is 0.571. The number of anilines is 2. The van der Waals surface area contributed by atoms with Crippen molar-refractivity contribution in [2.45, 2.75) is 25.7 Å². The normalized spacial score (nSPS) is 22.4. The van der Waals surface area contributed by atoms with Crippen molar-refractivity contribution >= 4 is 17.4 Å². The van der Waals surface area contributed by atoms with Crippen LogP contribution in [0, 0.1) is 11.8 Å². The van der Waals surface area contributed by atoms with Crippen molar-refractivity contribution in [1.82, 2.24) is 4.98 Å². The minimum atomic E-state index is -0.547. The third-order valence-corrected chi connectivity index (χ3v) is 4.01. The predicted octanol–water partition coefficient (Wildman–Crippen LogP) is 0.973. The average molecular weight is 278 g/mol. The molecule has 2 rings (SSSR count). The number of pyridine rings is 1. The van der Waals surface area contributed by atoms with E-state index in [1.807, 2.05) is 0 Å². The van der Waals surface area contributed by atoms with Gasteiger partial charge in [0.1, 0.15) is 5.82 Å². The molecule has 2 atom stereocenters. The maximum Gasteiger partial charge on any atom is 0.252 e. The van der Waals surface area contributed by atoms with Crippen molar-refractivity contribution < 1.29 is 9.90 Å². The standard InChI is InChI=1S/C14H22N4O2/c15-11-5-12(13(16)20)14(18-7-11)17-6-9-3-1-2-4-10(9)8-19/h5,7,9-10,19H,1-4,6,8,15H2,(H2,16,20)(H,17,18). The Hall–Kier alpha value is -1.82. The minimum absolute atomic E-state index is 0.212. The SMILES string of the molecule is NC(=O)c1cc(N)cnc1NCC1CCCCC1CO. The zero-order chi connectivity index (χ0) is 14.5. The molecular formula is C14H22N4O2. The highest BCUT2D eigenvalue weighted by molar-refractivity contribution is 5.98. The van der Waals surface area contributed by atoms with Gasteiger partial charge in [-0.05, 0) is 30.7 Å². The van der Waals surface area contributed by atoms with Crippen LogP contribution in [0.5, 0.6) is 0 Å². The minimum Gasteiger partial charge on any atom is -0.397 e. The van der Waals surface area contributed by atoms with E-state index in [0.717, 1.165) is 12.8 Å². The summed E-state index contributed by atoms with van der Waals surface area (Å²) in [5, 5.41) is 12.6. The Morgan fingerprint density at radius 2 is 2.10 bits per heavy atom. The smallest absolute Gasteiger partial charge is 0.252 e. The van der Waals surface area contributed by atoms with E-state index >= 15 is 0 Å². The quantitative estimate of drug-likeness (QED) is 0.641. The van der Waals surface area contributed by atoms with E-state index in [1.54, 1.807) is 0 Å². The van der Waals surface area contributed by atoms with Crippen molar-refractivity contribution in [3.8, 4) is 0 Å². The van der Waals surface area contributed by atoms with Crippen molar-refractivity contribution in [1.29, 1.82) is 0 Å². The molecule has 1 aliphatic rings. The number of nitrogens with one attached hydrogen (secondary N) is 1. The molecule has 0 spiro atoms. The highest BCUT2D eigenvalue weighted by Gasteiger charge is 2.24. The number of aliphatic hydroxyl groups is 1. The highest BCUT2D eigenvalue weighted by Crippen LogP contribution is 2.30. The van der Waals surface area contributed by atoms with Gasteiger partial charge in [0, 0.05) is 13.2 Å². The van der Waals surface area contributed by atoms with Gasteiger partial charge < -0.3 is 21.9 Å². The molecule has 0 aliphatic heterocycles. The zero-order valence-corrected chi connectivity index (χ0v) is 11.5. The van der Waals surface area contributed by atoms with E-state index in [4.69, 9.17) is 11.5 Å². The second-order valence-corrected chi connectivity index (χ2v) is 5.40. The fourth-order valence-corrected chi connectivity index (χ4v) is 2.83. The first kappa shape index (κ1) is 14.6. The summed E-state index contributed by atoms with van der Waals surface area (Å²) >= 11 is 0. The van der Waals surface area contributed by atoms with E-state index in [2.05, 4.69) is 10.3 Å². The highest BCUT2D eigenvalue weighted by atomic mass is 16.3. The summed E-state index contributed by atoms with van der Waals surface area (Å²) in [5.74, 6) is 0.638. The molecule has 0 aromatic carbocycles. The van der Waals surface area contributed by atoms with Crippen molar-refractivity contribution in [3.05, 3.63) is 17.8 Å². The molecule has 1 aromatic rings. The molecule has 1 heterocycles. The molecule has 0 bridgehead atoms. The van der Waals surface area contributed by atoms with Gasteiger partial charge in [0.25, 0.3) is 5.91 Å². The van der Waals surface area contributed by atoms with Crippen LogP contribution in [0.1, 0.15) is 36.0 Å². The molecule has 0 saturated heterocycles. The Labute approximate surface area is 118 Å². The number of primary amides is 1. The average Bonchev–Trinajstić information content (AvgIpc) is 2.46. The summed E-state index contributed by atoms with van der Waals surface area (Å²) in [4.78, 5) is 15.5. The molecule has 1 saturated carbocycles. The number of nitrogens with two attached hydrogens (primary N) is 2. The Morgan fingerprint density at radius 3 is 2.75 bits per heavy atom. The lowest BCUT2D eigenvalue weighted by molar-refractivity contribution is 0.100. The van der Waals surface area contributed by atoms with Gasteiger partial charge in [-0.15, -0.1) is 0 Å². The largest absolute Gasteiger partial charge is 0.397 e. The van der Waals surface area contributed by atoms with Gasteiger partial charge in [0.2, 0.25) is 0 Å². The van der Waals surface area contributed by atoms with Crippen LogP contribution < -0.4 is 16.8 Å². The molecule has 1 aromatic heterocycles. The molecule has 6 nitrogen and oxygen atoms in total. The molecule has 0 radical (unpaired) electrons. The molecule has 6 heteroatoms. The van der Waals surface area contributed by atoms with Crippen molar-refractivity contribution in [3.63, 3.8) is 0 Å². The third-order valence-electron chi connectivity index (χ3n) is 4.01. The fourth-order valence-electron chi connectivity index (χ4n) is 2.83. The predicted molar refractivity (Wildman–Crippen MR) is 78.2 cm³/mol. The lowest BCUT2D eigenvalue weighted by Gasteiger charge is -2.30. The number of carbonyl (C=O) groups is 1. The first-order valence-electron chi connectivity index (χ1n) is 7.02. The number of nitrogen functional groups attached to an aromatic ring is 1. The van der Waals surface area contributed by atoms with Crippen LogP contribution in [0.4, 0.5) is 11.5 Å². The van der Waals surface area contributed by atoms with Gasteiger partial charge in [0.05, 0.1) is 17.4 Å². The van der Waals surface area contributed by atoms with Crippen LogP contribution in [-0.2, 0) is 0 Å². The molecule has 6 N–H and O–H groups in total. The third kappa shape index (κ3) is 3.39. The Kier molecular flexibility index (Phi) is 4.79. The van der Waals surface area contributed by atoms with Gasteiger partial charge in [-0.3, -0.25) is 4.79 Å². The Bertz CT molecular complexity index is 478. The van der Waals surface area contributed by atoms with Gasteiger partial charge in [0.15, 0.2) is 0 Å². The first-order valence-corrected chi connectivity index (χ1v) is 7.02. The van der Waals surface area contributed by atoms with E-state index in [-0.39, 0.29) is 6.61 Å². The number of amides is 1. The first-order chi connectivity index (χ1) is 9.61. The second kappa shape index (κ2) is 6.56. The molecule has 1 fully saturated rings. The Morgan fingerprint density at radius 1 is 1.40 bits per heavy atom. The topological polar surface area (TPSA) is 114 Å². The van der Waals surface area contributed by atoms with Crippen LogP contribution in [0.15, 0.2) is 12.3 Å². The maximum absolute atomic E-state index is 11.4. The van der Waals surface area contributed by atoms with Crippen molar-refractivity contribution in [2.24, 2.45) is 17.6 Å². The molecule has 1 aliphatic carbocycles. The van der Waals surface area contributed by atoms with E-state index < -0.39 is 5.91 Å². The summed E-state index contributed by atoms with van der Waals surface area (Å²) in [6.45, 7) is 0.895. The van der Waals surface area contributed by atoms with E-state index in [9.17, 15) is 9.90 Å². The van der Waals surface area contributed by atoms with Gasteiger partial charge in [-0.2, -0.15) is 0 Å². The summed E-state index contributed by atoms with van der Waals surface area (Å²) in [5.41, 5.74) is 11.7. The van der Waals surface area contributed by atoms with Gasteiger partial charge >= 0.3 is 0 Å². The number of aliphatic hydroxyl groups excluding tert-OH is 1. The number of nitrogens with zero attached hydrogens (tertiary/aromatic N) is 1. The van der Waals surface area contributed by atoms with E-state index in [1.165, 1.54) is 25.1 Å². The number of hydrogen-bond donors (Lipinski definition) is 4.